The van der Waals surface area contributed by atoms with E-state index in [0.717, 1.165) is 36.8 Å². The largest absolute Gasteiger partial charge is 0.480 e. The summed E-state index contributed by atoms with van der Waals surface area (Å²) in [5, 5.41) is 13.7. The zero-order chi connectivity index (χ0) is 23.0. The number of nitrogens with one attached hydrogen (secondary N) is 1. The van der Waals surface area contributed by atoms with Gasteiger partial charge in [-0.05, 0) is 48.8 Å². The first-order valence-corrected chi connectivity index (χ1v) is 11.6. The predicted octanol–water partition coefficient (Wildman–Crippen LogP) is 3.87. The molecule has 7 heteroatoms. The van der Waals surface area contributed by atoms with Crippen molar-refractivity contribution in [2.75, 3.05) is 4.90 Å². The summed E-state index contributed by atoms with van der Waals surface area (Å²) in [7, 11) is 0. The van der Waals surface area contributed by atoms with Crippen LogP contribution in [-0.2, 0) is 20.9 Å². The van der Waals surface area contributed by atoms with Gasteiger partial charge < -0.3 is 14.6 Å². The highest BCUT2D eigenvalue weighted by Gasteiger charge is 2.59. The molecule has 33 heavy (non-hydrogen) atoms. The number of carbonyl (C=O) groups excluding carboxylic acids is 2. The van der Waals surface area contributed by atoms with E-state index < -0.39 is 23.5 Å². The molecule has 4 unspecified atom stereocenters. The monoisotopic (exact) mass is 448 g/mol. The normalized spacial score (nSPS) is 25.1. The quantitative estimate of drug-likeness (QED) is 0.595. The zero-order valence-corrected chi connectivity index (χ0v) is 18.4. The zero-order valence-electron chi connectivity index (χ0n) is 18.4. The van der Waals surface area contributed by atoms with Crippen molar-refractivity contribution in [2.45, 2.75) is 62.3 Å². The summed E-state index contributed by atoms with van der Waals surface area (Å²) < 4.78 is 5.67. The van der Waals surface area contributed by atoms with Gasteiger partial charge in [0.2, 0.25) is 0 Å². The van der Waals surface area contributed by atoms with Crippen LogP contribution in [0.1, 0.15) is 49.1 Å². The third kappa shape index (κ3) is 3.80. The minimum Gasteiger partial charge on any atom is -0.480 e. The van der Waals surface area contributed by atoms with Crippen LogP contribution in [-0.4, -0.2) is 41.1 Å². The topological polar surface area (TPSA) is 95.9 Å². The molecule has 2 fully saturated rings. The molecule has 172 valence electrons. The van der Waals surface area contributed by atoms with Gasteiger partial charge in [0, 0.05) is 24.4 Å². The van der Waals surface area contributed by atoms with E-state index in [9.17, 15) is 19.5 Å². The molecule has 1 amide bonds. The third-order valence-electron chi connectivity index (χ3n) is 7.34. The summed E-state index contributed by atoms with van der Waals surface area (Å²) in [4.78, 5) is 39.3. The Balaban J connectivity index is 1.50. The second-order valence-electron chi connectivity index (χ2n) is 9.32. The Morgan fingerprint density at radius 3 is 2.42 bits per heavy atom. The summed E-state index contributed by atoms with van der Waals surface area (Å²) in [6.45, 7) is 0.173. The number of carbonyl (C=O) groups is 3. The number of carboxylic acids is 1. The van der Waals surface area contributed by atoms with Gasteiger partial charge in [0.25, 0.3) is 0 Å². The van der Waals surface area contributed by atoms with Crippen LogP contribution >= 0.6 is 0 Å². The van der Waals surface area contributed by atoms with Gasteiger partial charge in [-0.25, -0.2) is 4.79 Å². The molecule has 0 aromatic heterocycles. The summed E-state index contributed by atoms with van der Waals surface area (Å²) in [6, 6.07) is 16.9. The molecule has 1 heterocycles. The third-order valence-corrected chi connectivity index (χ3v) is 7.34. The number of carboxylic acid groups (broad SMARTS) is 1. The van der Waals surface area contributed by atoms with Crippen molar-refractivity contribution < 1.29 is 24.2 Å². The van der Waals surface area contributed by atoms with Gasteiger partial charge in [0.05, 0.1) is 5.69 Å². The van der Waals surface area contributed by atoms with Gasteiger partial charge in [-0.1, -0.05) is 48.5 Å². The SMILES string of the molecule is O=CCC(NC1CC1)(C(=O)O)C1c2ccccc2N(C(=O)OCc2ccccc2)C2CCC21. The van der Waals surface area contributed by atoms with E-state index >= 15 is 0 Å². The van der Waals surface area contributed by atoms with Crippen LogP contribution in [0.4, 0.5) is 10.5 Å². The molecule has 7 nitrogen and oxygen atoms in total. The Hall–Kier alpha value is -3.19. The van der Waals surface area contributed by atoms with Crippen molar-refractivity contribution in [1.29, 1.82) is 0 Å². The Labute approximate surface area is 192 Å². The number of amides is 1. The smallest absolute Gasteiger partial charge is 0.414 e. The molecule has 4 atom stereocenters. The maximum atomic E-state index is 13.2. The van der Waals surface area contributed by atoms with Gasteiger partial charge in [-0.2, -0.15) is 0 Å². The van der Waals surface area contributed by atoms with Crippen molar-refractivity contribution in [1.82, 2.24) is 5.32 Å². The van der Waals surface area contributed by atoms with Crippen LogP contribution in [0, 0.1) is 5.92 Å². The van der Waals surface area contributed by atoms with E-state index in [0.29, 0.717) is 12.0 Å². The number of para-hydroxylation sites is 1. The number of hydrogen-bond donors (Lipinski definition) is 2. The Morgan fingerprint density at radius 2 is 1.79 bits per heavy atom. The van der Waals surface area contributed by atoms with Crippen molar-refractivity contribution in [2.24, 2.45) is 5.92 Å². The number of rotatable bonds is 8. The van der Waals surface area contributed by atoms with Crippen LogP contribution < -0.4 is 10.2 Å². The van der Waals surface area contributed by atoms with Gasteiger partial charge >= 0.3 is 12.1 Å². The molecule has 0 radical (unpaired) electrons. The average molecular weight is 449 g/mol. The molecule has 0 bridgehead atoms. The number of ether oxygens (including phenoxy) is 1. The van der Waals surface area contributed by atoms with Crippen molar-refractivity contribution in [3.8, 4) is 0 Å². The van der Waals surface area contributed by atoms with Gasteiger partial charge in [0.15, 0.2) is 0 Å². The Bertz CT molecular complexity index is 1050. The minimum atomic E-state index is -1.39. The van der Waals surface area contributed by atoms with Gasteiger partial charge in [0.1, 0.15) is 18.4 Å². The lowest BCUT2D eigenvalue weighted by Gasteiger charge is -2.56. The van der Waals surface area contributed by atoms with E-state index in [1.165, 1.54) is 0 Å². The number of aliphatic carboxylic acids is 1. The lowest BCUT2D eigenvalue weighted by atomic mass is 9.58. The molecular weight excluding hydrogens is 420 g/mol. The standard InChI is InChI=1S/C26H28N2O5/c29-15-14-26(24(30)31,27-18-10-11-18)23-19-8-4-5-9-21(19)28(22-13-12-20(22)23)25(32)33-16-17-6-2-1-3-7-17/h1-9,15,18,20,22-23,27H,10-14,16H2,(H,30,31). The highest BCUT2D eigenvalue weighted by molar-refractivity contribution is 5.92. The second kappa shape index (κ2) is 8.63. The van der Waals surface area contributed by atoms with E-state index in [1.807, 2.05) is 54.6 Å². The summed E-state index contributed by atoms with van der Waals surface area (Å²) in [6.07, 6.45) is 3.57. The molecule has 0 saturated heterocycles. The molecule has 2 aromatic carbocycles. The van der Waals surface area contributed by atoms with Crippen LogP contribution in [0.5, 0.6) is 0 Å². The highest BCUT2D eigenvalue weighted by atomic mass is 16.6. The second-order valence-corrected chi connectivity index (χ2v) is 9.32. The van der Waals surface area contributed by atoms with E-state index in [1.54, 1.807) is 4.90 Å². The number of fused-ring (bicyclic) bond motifs is 2. The molecule has 5 rings (SSSR count). The summed E-state index contributed by atoms with van der Waals surface area (Å²) >= 11 is 0. The fourth-order valence-electron chi connectivity index (χ4n) is 5.53. The number of benzene rings is 2. The fraction of sp³-hybridized carbons (Fsp3) is 0.423. The van der Waals surface area contributed by atoms with Crippen molar-refractivity contribution in [3.05, 3.63) is 65.7 Å². The highest BCUT2D eigenvalue weighted by Crippen LogP contribution is 2.55. The Kier molecular flexibility index (Phi) is 5.66. The lowest BCUT2D eigenvalue weighted by Crippen LogP contribution is -2.66. The van der Waals surface area contributed by atoms with E-state index in [-0.39, 0.29) is 31.0 Å². The molecule has 2 aliphatic carbocycles. The number of aldehydes is 1. The minimum absolute atomic E-state index is 0.0634. The first-order valence-electron chi connectivity index (χ1n) is 11.6. The molecule has 2 N–H and O–H groups in total. The molecule has 2 aromatic rings. The van der Waals surface area contributed by atoms with Crippen LogP contribution in [0.2, 0.25) is 0 Å². The molecule has 0 spiro atoms. The lowest BCUT2D eigenvalue weighted by molar-refractivity contribution is -0.149. The van der Waals surface area contributed by atoms with Crippen LogP contribution in [0.25, 0.3) is 0 Å². The van der Waals surface area contributed by atoms with E-state index in [2.05, 4.69) is 5.32 Å². The first-order chi connectivity index (χ1) is 16.0. The maximum Gasteiger partial charge on any atom is 0.414 e. The maximum absolute atomic E-state index is 13.2. The van der Waals surface area contributed by atoms with Crippen molar-refractivity contribution >= 4 is 24.0 Å². The number of nitrogens with zero attached hydrogens (tertiary/aromatic N) is 1. The van der Waals surface area contributed by atoms with Crippen LogP contribution in [0.15, 0.2) is 54.6 Å². The average Bonchev–Trinajstić information content (AvgIpc) is 3.62. The molecule has 2 saturated carbocycles. The van der Waals surface area contributed by atoms with Gasteiger partial charge in [-0.3, -0.25) is 15.0 Å². The fourth-order valence-corrected chi connectivity index (χ4v) is 5.53. The predicted molar refractivity (Wildman–Crippen MR) is 122 cm³/mol. The van der Waals surface area contributed by atoms with E-state index in [4.69, 9.17) is 4.74 Å². The summed E-state index contributed by atoms with van der Waals surface area (Å²) in [5.74, 6) is -1.48. The molecular formula is C26H28N2O5. The molecule has 3 aliphatic rings. The first kappa shape index (κ1) is 21.6. The molecule has 1 aliphatic heterocycles. The summed E-state index contributed by atoms with van der Waals surface area (Å²) in [5.41, 5.74) is 0.981. The Morgan fingerprint density at radius 1 is 1.06 bits per heavy atom. The number of hydrogen-bond acceptors (Lipinski definition) is 5. The van der Waals surface area contributed by atoms with Crippen LogP contribution in [0.3, 0.4) is 0 Å². The van der Waals surface area contributed by atoms with Crippen molar-refractivity contribution in [3.63, 3.8) is 0 Å². The number of anilines is 1. The van der Waals surface area contributed by atoms with Gasteiger partial charge in [-0.15, -0.1) is 0 Å².